The van der Waals surface area contributed by atoms with Gasteiger partial charge in [0, 0.05) is 30.8 Å². The second-order valence-corrected chi connectivity index (χ2v) is 6.28. The molecule has 0 aliphatic rings. The fourth-order valence-electron chi connectivity index (χ4n) is 2.45. The number of carbonyl (C=O) groups is 1. The van der Waals surface area contributed by atoms with Crippen molar-refractivity contribution in [1.82, 2.24) is 10.6 Å². The molecule has 150 valence electrons. The van der Waals surface area contributed by atoms with E-state index in [0.717, 1.165) is 23.3 Å². The highest BCUT2D eigenvalue weighted by atomic mass is 35.5. The van der Waals surface area contributed by atoms with Crippen LogP contribution in [0, 0.1) is 0 Å². The molecule has 0 fully saturated rings. The third-order valence-corrected chi connectivity index (χ3v) is 4.37. The maximum atomic E-state index is 11.2. The predicted molar refractivity (Wildman–Crippen MR) is 112 cm³/mol. The van der Waals surface area contributed by atoms with Gasteiger partial charge in [0.2, 0.25) is 0 Å². The fourth-order valence-corrected chi connectivity index (χ4v) is 2.72. The number of nitrogens with zero attached hydrogens (tertiary/aromatic N) is 1. The number of methoxy groups -OCH3 is 2. The van der Waals surface area contributed by atoms with Gasteiger partial charge < -0.3 is 20.1 Å². The second-order valence-electron chi connectivity index (χ2n) is 5.87. The van der Waals surface area contributed by atoms with Crippen LogP contribution < -0.4 is 20.7 Å². The van der Waals surface area contributed by atoms with Gasteiger partial charge in [-0.2, -0.15) is 0 Å². The van der Waals surface area contributed by atoms with Gasteiger partial charge in [-0.05, 0) is 41.8 Å². The van der Waals surface area contributed by atoms with Crippen LogP contribution in [0.25, 0.3) is 0 Å². The Kier molecular flexibility index (Phi) is 8.42. The van der Waals surface area contributed by atoms with Crippen molar-refractivity contribution in [2.24, 2.45) is 4.99 Å². The van der Waals surface area contributed by atoms with Gasteiger partial charge >= 0.3 is 6.09 Å². The molecule has 2 rings (SSSR count). The quantitative estimate of drug-likeness (QED) is 0.486. The van der Waals surface area contributed by atoms with E-state index in [1.807, 2.05) is 42.5 Å². The molecule has 2 aromatic carbocycles. The highest BCUT2D eigenvalue weighted by molar-refractivity contribution is 6.31. The Morgan fingerprint density at radius 1 is 1.11 bits per heavy atom. The minimum Gasteiger partial charge on any atom is -0.497 e. The SMILES string of the molecule is CN=C(NCCc1ccc(OC)cc1Cl)NCc1ccc(NC(=O)OC)cc1. The summed E-state index contributed by atoms with van der Waals surface area (Å²) < 4.78 is 9.73. The smallest absolute Gasteiger partial charge is 0.411 e. The molecule has 0 unspecified atom stereocenters. The lowest BCUT2D eigenvalue weighted by atomic mass is 10.1. The largest absolute Gasteiger partial charge is 0.497 e. The summed E-state index contributed by atoms with van der Waals surface area (Å²) in [4.78, 5) is 15.4. The molecule has 3 N–H and O–H groups in total. The molecule has 0 heterocycles. The third-order valence-electron chi connectivity index (χ3n) is 4.02. The van der Waals surface area contributed by atoms with Gasteiger partial charge in [0.25, 0.3) is 0 Å². The average molecular weight is 405 g/mol. The highest BCUT2D eigenvalue weighted by Gasteiger charge is 2.04. The Labute approximate surface area is 170 Å². The summed E-state index contributed by atoms with van der Waals surface area (Å²) in [5, 5.41) is 9.81. The van der Waals surface area contributed by atoms with E-state index in [9.17, 15) is 4.79 Å². The van der Waals surface area contributed by atoms with Crippen LogP contribution in [0.2, 0.25) is 5.02 Å². The van der Waals surface area contributed by atoms with Crippen LogP contribution in [0.15, 0.2) is 47.5 Å². The number of hydrogen-bond donors (Lipinski definition) is 3. The molecule has 1 amide bonds. The number of amides is 1. The van der Waals surface area contributed by atoms with Gasteiger partial charge in [0.1, 0.15) is 5.75 Å². The van der Waals surface area contributed by atoms with Crippen LogP contribution in [-0.2, 0) is 17.7 Å². The molecule has 0 atom stereocenters. The first-order valence-corrected chi connectivity index (χ1v) is 9.14. The Balaban J connectivity index is 1.79. The van der Waals surface area contributed by atoms with Crippen molar-refractivity contribution in [2.45, 2.75) is 13.0 Å². The molecular weight excluding hydrogens is 380 g/mol. The number of hydrogen-bond acceptors (Lipinski definition) is 4. The monoisotopic (exact) mass is 404 g/mol. The normalized spacial score (nSPS) is 10.9. The molecule has 2 aromatic rings. The third kappa shape index (κ3) is 6.66. The molecule has 0 radical (unpaired) electrons. The zero-order valence-electron chi connectivity index (χ0n) is 16.2. The fraction of sp³-hybridized carbons (Fsp3) is 0.300. The number of aliphatic imine (C=N–C) groups is 1. The summed E-state index contributed by atoms with van der Waals surface area (Å²) in [6.07, 6.45) is 0.268. The second kappa shape index (κ2) is 11.0. The van der Waals surface area contributed by atoms with Crippen molar-refractivity contribution in [3.63, 3.8) is 0 Å². The van der Waals surface area contributed by atoms with E-state index < -0.39 is 6.09 Å². The van der Waals surface area contributed by atoms with Crippen LogP contribution in [0.4, 0.5) is 10.5 Å². The van der Waals surface area contributed by atoms with Gasteiger partial charge in [0.15, 0.2) is 5.96 Å². The maximum absolute atomic E-state index is 11.2. The van der Waals surface area contributed by atoms with Crippen LogP contribution in [0.3, 0.4) is 0 Å². The lowest BCUT2D eigenvalue weighted by Crippen LogP contribution is -2.37. The van der Waals surface area contributed by atoms with E-state index in [2.05, 4.69) is 25.7 Å². The molecule has 0 aliphatic carbocycles. The van der Waals surface area contributed by atoms with Crippen molar-refractivity contribution in [3.05, 3.63) is 58.6 Å². The Morgan fingerprint density at radius 3 is 2.46 bits per heavy atom. The number of anilines is 1. The van der Waals surface area contributed by atoms with Gasteiger partial charge in [-0.25, -0.2) is 4.79 Å². The molecule has 0 aliphatic heterocycles. The molecule has 0 saturated heterocycles. The number of guanidine groups is 1. The van der Waals surface area contributed by atoms with Crippen molar-refractivity contribution in [3.8, 4) is 5.75 Å². The van der Waals surface area contributed by atoms with E-state index in [0.29, 0.717) is 29.8 Å². The van der Waals surface area contributed by atoms with E-state index in [1.165, 1.54) is 7.11 Å². The lowest BCUT2D eigenvalue weighted by Gasteiger charge is -2.13. The van der Waals surface area contributed by atoms with Crippen molar-refractivity contribution in [1.29, 1.82) is 0 Å². The number of ether oxygens (including phenoxy) is 2. The van der Waals surface area contributed by atoms with Gasteiger partial charge in [-0.1, -0.05) is 29.8 Å². The predicted octanol–water partition coefficient (Wildman–Crippen LogP) is 3.43. The number of benzene rings is 2. The first-order chi connectivity index (χ1) is 13.5. The van der Waals surface area contributed by atoms with Crippen LogP contribution in [0.5, 0.6) is 5.75 Å². The Hall–Kier alpha value is -2.93. The van der Waals surface area contributed by atoms with E-state index >= 15 is 0 Å². The lowest BCUT2D eigenvalue weighted by molar-refractivity contribution is 0.187. The first-order valence-electron chi connectivity index (χ1n) is 8.76. The standard InChI is InChI=1S/C20H25ClN4O3/c1-22-19(23-11-10-15-6-9-17(27-2)12-18(15)21)24-13-14-4-7-16(8-5-14)25-20(26)28-3/h4-9,12H,10-11,13H2,1-3H3,(H,25,26)(H2,22,23,24). The molecule has 8 heteroatoms. The minimum atomic E-state index is -0.493. The van der Waals surface area contributed by atoms with Crippen LogP contribution in [-0.4, -0.2) is 39.9 Å². The summed E-state index contributed by atoms with van der Waals surface area (Å²) in [6.45, 7) is 1.29. The summed E-state index contributed by atoms with van der Waals surface area (Å²) in [7, 11) is 4.67. The van der Waals surface area contributed by atoms with Crippen LogP contribution in [0.1, 0.15) is 11.1 Å². The molecule has 0 aromatic heterocycles. The Bertz CT molecular complexity index is 810. The summed E-state index contributed by atoms with van der Waals surface area (Å²) in [5.41, 5.74) is 2.77. The zero-order chi connectivity index (χ0) is 20.4. The zero-order valence-corrected chi connectivity index (χ0v) is 17.0. The highest BCUT2D eigenvalue weighted by Crippen LogP contribution is 2.22. The van der Waals surface area contributed by atoms with Gasteiger partial charge in [0.05, 0.1) is 14.2 Å². The van der Waals surface area contributed by atoms with Crippen molar-refractivity contribution < 1.29 is 14.3 Å². The minimum absolute atomic E-state index is 0.493. The summed E-state index contributed by atoms with van der Waals surface area (Å²) in [5.74, 6) is 1.44. The summed E-state index contributed by atoms with van der Waals surface area (Å²) in [6, 6.07) is 13.1. The summed E-state index contributed by atoms with van der Waals surface area (Å²) >= 11 is 6.26. The number of rotatable bonds is 7. The maximum Gasteiger partial charge on any atom is 0.411 e. The Morgan fingerprint density at radius 2 is 1.86 bits per heavy atom. The molecule has 7 nitrogen and oxygen atoms in total. The number of nitrogens with one attached hydrogen (secondary N) is 3. The van der Waals surface area contributed by atoms with Crippen molar-refractivity contribution in [2.75, 3.05) is 33.1 Å². The molecule has 0 spiro atoms. The van der Waals surface area contributed by atoms with E-state index in [-0.39, 0.29) is 0 Å². The van der Waals surface area contributed by atoms with E-state index in [1.54, 1.807) is 14.2 Å². The average Bonchev–Trinajstić information content (AvgIpc) is 2.72. The molecular formula is C20H25ClN4O3. The van der Waals surface area contributed by atoms with Crippen LogP contribution >= 0.6 is 11.6 Å². The van der Waals surface area contributed by atoms with E-state index in [4.69, 9.17) is 16.3 Å². The molecule has 0 saturated carbocycles. The number of carbonyl (C=O) groups excluding carboxylic acids is 1. The van der Waals surface area contributed by atoms with Gasteiger partial charge in [-0.15, -0.1) is 0 Å². The van der Waals surface area contributed by atoms with Gasteiger partial charge in [-0.3, -0.25) is 10.3 Å². The molecule has 28 heavy (non-hydrogen) atoms. The number of halogens is 1. The topological polar surface area (TPSA) is 84.0 Å². The van der Waals surface area contributed by atoms with Crippen molar-refractivity contribution >= 4 is 29.3 Å². The first kappa shape index (κ1) is 21.4. The molecule has 0 bridgehead atoms.